The van der Waals surface area contributed by atoms with Crippen LogP contribution >= 0.6 is 0 Å². The molecule has 0 saturated carbocycles. The molecule has 1 N–H and O–H groups in total. The second kappa shape index (κ2) is 6.95. The van der Waals surface area contributed by atoms with Crippen LogP contribution in [0.1, 0.15) is 32.8 Å². The monoisotopic (exact) mass is 229 g/mol. The second-order valence-electron chi connectivity index (χ2n) is 4.87. The summed E-state index contributed by atoms with van der Waals surface area (Å²) in [6, 6.07) is 8.65. The SMILES string of the molecule is C=C/C(C)=C\Nc1ccc(CCC(C)C)cc1. The molecule has 1 nitrogen and oxygen atoms in total. The molecule has 1 aromatic rings. The fourth-order valence-electron chi connectivity index (χ4n) is 1.48. The lowest BCUT2D eigenvalue weighted by Gasteiger charge is -2.06. The molecule has 0 aliphatic carbocycles. The third-order valence-corrected chi connectivity index (χ3v) is 2.75. The highest BCUT2D eigenvalue weighted by Crippen LogP contribution is 2.13. The molecular weight excluding hydrogens is 206 g/mol. The third kappa shape index (κ3) is 5.39. The van der Waals surface area contributed by atoms with Crippen LogP contribution in [0, 0.1) is 5.92 Å². The summed E-state index contributed by atoms with van der Waals surface area (Å²) in [6.45, 7) is 10.3. The standard InChI is InChI=1S/C16H23N/c1-5-14(4)12-17-16-10-8-15(9-11-16)7-6-13(2)3/h5,8-13,17H,1,6-7H2,2-4H3/b14-12-. The average molecular weight is 229 g/mol. The molecule has 0 fully saturated rings. The van der Waals surface area contributed by atoms with E-state index in [0.717, 1.165) is 17.2 Å². The predicted octanol–water partition coefficient (Wildman–Crippen LogP) is 4.78. The molecule has 0 aliphatic rings. The van der Waals surface area contributed by atoms with Gasteiger partial charge in [-0.25, -0.2) is 0 Å². The molecule has 1 rings (SSSR count). The highest BCUT2D eigenvalue weighted by Gasteiger charge is 1.97. The van der Waals surface area contributed by atoms with Gasteiger partial charge in [0.15, 0.2) is 0 Å². The molecule has 0 unspecified atom stereocenters. The van der Waals surface area contributed by atoms with Gasteiger partial charge in [-0.2, -0.15) is 0 Å². The summed E-state index contributed by atoms with van der Waals surface area (Å²) < 4.78 is 0. The number of hydrogen-bond acceptors (Lipinski definition) is 1. The van der Waals surface area contributed by atoms with Gasteiger partial charge in [-0.1, -0.05) is 38.6 Å². The van der Waals surface area contributed by atoms with Crippen LogP contribution in [0.15, 0.2) is 48.7 Å². The number of allylic oxidation sites excluding steroid dienone is 2. The highest BCUT2D eigenvalue weighted by atomic mass is 14.8. The Morgan fingerprint density at radius 2 is 1.94 bits per heavy atom. The van der Waals surface area contributed by atoms with Crippen molar-refractivity contribution in [3.8, 4) is 0 Å². The van der Waals surface area contributed by atoms with Gasteiger partial charge in [0.25, 0.3) is 0 Å². The topological polar surface area (TPSA) is 12.0 Å². The van der Waals surface area contributed by atoms with Gasteiger partial charge in [0.05, 0.1) is 0 Å². The van der Waals surface area contributed by atoms with Crippen LogP contribution in [0.4, 0.5) is 5.69 Å². The molecular formula is C16H23N. The number of anilines is 1. The van der Waals surface area contributed by atoms with Crippen LogP contribution in [0.2, 0.25) is 0 Å². The summed E-state index contributed by atoms with van der Waals surface area (Å²) in [6.07, 6.45) is 6.22. The van der Waals surface area contributed by atoms with Crippen molar-refractivity contribution in [1.82, 2.24) is 0 Å². The fourth-order valence-corrected chi connectivity index (χ4v) is 1.48. The highest BCUT2D eigenvalue weighted by molar-refractivity contribution is 5.47. The minimum atomic E-state index is 0.769. The summed E-state index contributed by atoms with van der Waals surface area (Å²) in [5.74, 6) is 0.769. The van der Waals surface area contributed by atoms with Crippen molar-refractivity contribution in [2.75, 3.05) is 5.32 Å². The Bertz CT molecular complexity index is 371. The molecule has 92 valence electrons. The smallest absolute Gasteiger partial charge is 0.0380 e. The molecule has 0 atom stereocenters. The van der Waals surface area contributed by atoms with Crippen molar-refractivity contribution in [3.05, 3.63) is 54.3 Å². The molecule has 1 heteroatoms. The maximum atomic E-state index is 3.72. The number of hydrogen-bond donors (Lipinski definition) is 1. The Labute approximate surface area is 105 Å². The van der Waals surface area contributed by atoms with Crippen molar-refractivity contribution in [2.45, 2.75) is 33.6 Å². The van der Waals surface area contributed by atoms with Crippen molar-refractivity contribution in [3.63, 3.8) is 0 Å². The summed E-state index contributed by atoms with van der Waals surface area (Å²) in [7, 11) is 0. The van der Waals surface area contributed by atoms with Crippen LogP contribution in [-0.2, 0) is 6.42 Å². The van der Waals surface area contributed by atoms with E-state index in [4.69, 9.17) is 0 Å². The molecule has 1 aromatic carbocycles. The summed E-state index contributed by atoms with van der Waals surface area (Å²) in [4.78, 5) is 0. The van der Waals surface area contributed by atoms with Crippen LogP contribution in [0.25, 0.3) is 0 Å². The Morgan fingerprint density at radius 3 is 2.47 bits per heavy atom. The van der Waals surface area contributed by atoms with Gasteiger partial charge in [-0.05, 0) is 49.0 Å². The fraction of sp³-hybridized carbons (Fsp3) is 0.375. The first-order chi connectivity index (χ1) is 8.11. The Hall–Kier alpha value is -1.50. The van der Waals surface area contributed by atoms with E-state index in [2.05, 4.69) is 50.0 Å². The molecule has 17 heavy (non-hydrogen) atoms. The Balaban J connectivity index is 2.53. The van der Waals surface area contributed by atoms with Gasteiger partial charge in [-0.3, -0.25) is 0 Å². The molecule has 0 heterocycles. The van der Waals surface area contributed by atoms with Gasteiger partial charge in [0.1, 0.15) is 0 Å². The minimum Gasteiger partial charge on any atom is -0.361 e. The van der Waals surface area contributed by atoms with E-state index in [9.17, 15) is 0 Å². The van der Waals surface area contributed by atoms with E-state index >= 15 is 0 Å². The summed E-state index contributed by atoms with van der Waals surface area (Å²) in [5.41, 5.74) is 3.67. The van der Waals surface area contributed by atoms with Crippen molar-refractivity contribution in [2.24, 2.45) is 5.92 Å². The Morgan fingerprint density at radius 1 is 1.29 bits per heavy atom. The zero-order valence-electron chi connectivity index (χ0n) is 11.2. The number of nitrogens with one attached hydrogen (secondary N) is 1. The van der Waals surface area contributed by atoms with Crippen LogP contribution in [-0.4, -0.2) is 0 Å². The largest absolute Gasteiger partial charge is 0.361 e. The molecule has 0 radical (unpaired) electrons. The third-order valence-electron chi connectivity index (χ3n) is 2.75. The lowest BCUT2D eigenvalue weighted by Crippen LogP contribution is -1.93. The van der Waals surface area contributed by atoms with Crippen molar-refractivity contribution < 1.29 is 0 Å². The lowest BCUT2D eigenvalue weighted by atomic mass is 10.0. The first kappa shape index (κ1) is 13.6. The molecule has 0 bridgehead atoms. The summed E-state index contributed by atoms with van der Waals surface area (Å²) in [5, 5.41) is 3.25. The first-order valence-corrected chi connectivity index (χ1v) is 6.26. The molecule has 0 saturated heterocycles. The van der Waals surface area contributed by atoms with Gasteiger partial charge in [0.2, 0.25) is 0 Å². The zero-order valence-corrected chi connectivity index (χ0v) is 11.2. The Kier molecular flexibility index (Phi) is 5.55. The van der Waals surface area contributed by atoms with E-state index in [1.54, 1.807) is 0 Å². The molecule has 0 amide bonds. The predicted molar refractivity (Wildman–Crippen MR) is 77.2 cm³/mol. The number of aryl methyl sites for hydroxylation is 1. The van der Waals surface area contributed by atoms with Gasteiger partial charge in [0, 0.05) is 11.9 Å². The average Bonchev–Trinajstić information content (AvgIpc) is 2.34. The zero-order chi connectivity index (χ0) is 12.7. The van der Waals surface area contributed by atoms with Crippen molar-refractivity contribution >= 4 is 5.69 Å². The lowest BCUT2D eigenvalue weighted by molar-refractivity contribution is 0.587. The second-order valence-corrected chi connectivity index (χ2v) is 4.87. The van der Waals surface area contributed by atoms with E-state index < -0.39 is 0 Å². The number of rotatable bonds is 6. The molecule has 0 spiro atoms. The normalized spacial score (nSPS) is 11.6. The quantitative estimate of drug-likeness (QED) is 0.692. The minimum absolute atomic E-state index is 0.769. The molecule has 0 aromatic heterocycles. The van der Waals surface area contributed by atoms with E-state index in [1.807, 2.05) is 19.2 Å². The van der Waals surface area contributed by atoms with Crippen LogP contribution in [0.3, 0.4) is 0 Å². The van der Waals surface area contributed by atoms with Gasteiger partial charge in [-0.15, -0.1) is 0 Å². The maximum Gasteiger partial charge on any atom is 0.0380 e. The number of benzene rings is 1. The van der Waals surface area contributed by atoms with E-state index in [-0.39, 0.29) is 0 Å². The van der Waals surface area contributed by atoms with E-state index in [1.165, 1.54) is 18.4 Å². The van der Waals surface area contributed by atoms with E-state index in [0.29, 0.717) is 0 Å². The molecule has 0 aliphatic heterocycles. The van der Waals surface area contributed by atoms with Gasteiger partial charge < -0.3 is 5.32 Å². The van der Waals surface area contributed by atoms with Crippen LogP contribution in [0.5, 0.6) is 0 Å². The maximum absolute atomic E-state index is 3.72. The van der Waals surface area contributed by atoms with Crippen LogP contribution < -0.4 is 5.32 Å². The summed E-state index contributed by atoms with van der Waals surface area (Å²) >= 11 is 0. The first-order valence-electron chi connectivity index (χ1n) is 6.26. The van der Waals surface area contributed by atoms with Gasteiger partial charge >= 0.3 is 0 Å². The van der Waals surface area contributed by atoms with Crippen molar-refractivity contribution in [1.29, 1.82) is 0 Å².